The smallest absolute Gasteiger partial charge is 0.244 e. The highest BCUT2D eigenvalue weighted by Crippen LogP contribution is 2.09. The predicted octanol–water partition coefficient (Wildman–Crippen LogP) is 2.55. The Kier molecular flexibility index (Phi) is 6.98. The van der Waals surface area contributed by atoms with Crippen molar-refractivity contribution >= 4 is 17.9 Å². The van der Waals surface area contributed by atoms with E-state index in [1.54, 1.807) is 13.0 Å². The molecule has 0 saturated carbocycles. The summed E-state index contributed by atoms with van der Waals surface area (Å²) in [5.74, 6) is -0.284. The molecule has 1 atom stereocenters. The maximum atomic E-state index is 12.6. The molecule has 0 aliphatic carbocycles. The molecule has 5 nitrogen and oxygen atoms in total. The van der Waals surface area contributed by atoms with Gasteiger partial charge in [-0.05, 0) is 24.1 Å². The summed E-state index contributed by atoms with van der Waals surface area (Å²) in [7, 11) is 0. The van der Waals surface area contributed by atoms with Gasteiger partial charge in [0, 0.05) is 38.8 Å². The van der Waals surface area contributed by atoms with E-state index in [1.807, 2.05) is 53.4 Å². The molecule has 1 aliphatic rings. The monoisotopic (exact) mass is 377 g/mol. The first-order valence-corrected chi connectivity index (χ1v) is 9.70. The summed E-state index contributed by atoms with van der Waals surface area (Å²) >= 11 is 0. The molecule has 0 radical (unpaired) electrons. The van der Waals surface area contributed by atoms with Gasteiger partial charge >= 0.3 is 0 Å². The fraction of sp³-hybridized carbons (Fsp3) is 0.304. The first-order valence-electron chi connectivity index (χ1n) is 9.70. The Balaban J connectivity index is 1.44. The van der Waals surface area contributed by atoms with Gasteiger partial charge in [-0.3, -0.25) is 14.5 Å². The van der Waals surface area contributed by atoms with Gasteiger partial charge < -0.3 is 10.2 Å². The summed E-state index contributed by atoms with van der Waals surface area (Å²) < 4.78 is 0. The molecule has 1 fully saturated rings. The van der Waals surface area contributed by atoms with Gasteiger partial charge in [0.25, 0.3) is 0 Å². The molecule has 2 amide bonds. The zero-order valence-electron chi connectivity index (χ0n) is 16.3. The number of nitrogens with one attached hydrogen (secondary N) is 1. The predicted molar refractivity (Wildman–Crippen MR) is 111 cm³/mol. The van der Waals surface area contributed by atoms with Crippen LogP contribution in [-0.4, -0.2) is 53.8 Å². The average molecular weight is 377 g/mol. The molecule has 0 bridgehead atoms. The Morgan fingerprint density at radius 2 is 1.57 bits per heavy atom. The lowest BCUT2D eigenvalue weighted by Crippen LogP contribution is -2.53. The Hall–Kier alpha value is -2.92. The summed E-state index contributed by atoms with van der Waals surface area (Å²) in [4.78, 5) is 28.9. The molecule has 28 heavy (non-hydrogen) atoms. The number of benzene rings is 2. The fourth-order valence-corrected chi connectivity index (χ4v) is 3.30. The van der Waals surface area contributed by atoms with Gasteiger partial charge in [-0.25, -0.2) is 0 Å². The molecule has 3 rings (SSSR count). The van der Waals surface area contributed by atoms with Crippen molar-refractivity contribution in [2.75, 3.05) is 26.2 Å². The Morgan fingerprint density at radius 3 is 2.21 bits per heavy atom. The van der Waals surface area contributed by atoms with Crippen LogP contribution in [0.5, 0.6) is 0 Å². The van der Waals surface area contributed by atoms with E-state index >= 15 is 0 Å². The molecule has 1 N–H and O–H groups in total. The maximum absolute atomic E-state index is 12.6. The van der Waals surface area contributed by atoms with Crippen LogP contribution >= 0.6 is 0 Å². The molecule has 1 saturated heterocycles. The molecule has 0 spiro atoms. The van der Waals surface area contributed by atoms with Crippen LogP contribution in [0.2, 0.25) is 0 Å². The van der Waals surface area contributed by atoms with Crippen molar-refractivity contribution in [1.82, 2.24) is 15.1 Å². The Labute approximate surface area is 166 Å². The number of carbonyl (C=O) groups is 2. The van der Waals surface area contributed by atoms with Gasteiger partial charge in [0.2, 0.25) is 11.8 Å². The summed E-state index contributed by atoms with van der Waals surface area (Å²) in [6.45, 7) is 5.70. The first-order chi connectivity index (χ1) is 13.6. The number of rotatable bonds is 6. The zero-order valence-corrected chi connectivity index (χ0v) is 16.3. The highest BCUT2D eigenvalue weighted by molar-refractivity contribution is 5.95. The molecule has 2 aromatic carbocycles. The van der Waals surface area contributed by atoms with Crippen LogP contribution in [0.1, 0.15) is 18.1 Å². The van der Waals surface area contributed by atoms with Crippen molar-refractivity contribution in [3.63, 3.8) is 0 Å². The molecule has 5 heteroatoms. The third-order valence-corrected chi connectivity index (χ3v) is 4.89. The molecule has 0 unspecified atom stereocenters. The van der Waals surface area contributed by atoms with Gasteiger partial charge in [0.1, 0.15) is 6.04 Å². The third kappa shape index (κ3) is 5.79. The number of piperazine rings is 1. The first kappa shape index (κ1) is 19.8. The summed E-state index contributed by atoms with van der Waals surface area (Å²) in [5, 5.41) is 2.77. The summed E-state index contributed by atoms with van der Waals surface area (Å²) in [6.07, 6.45) is 3.21. The molecule has 2 aromatic rings. The van der Waals surface area contributed by atoms with E-state index in [0.29, 0.717) is 13.1 Å². The lowest BCUT2D eigenvalue weighted by molar-refractivity contribution is -0.136. The van der Waals surface area contributed by atoms with Crippen molar-refractivity contribution in [1.29, 1.82) is 0 Å². The second kappa shape index (κ2) is 9.85. The van der Waals surface area contributed by atoms with Gasteiger partial charge in [0.05, 0.1) is 0 Å². The number of carbonyl (C=O) groups excluding carboxylic acids is 2. The van der Waals surface area contributed by atoms with Gasteiger partial charge in [0.15, 0.2) is 0 Å². The fourth-order valence-electron chi connectivity index (χ4n) is 3.30. The SMILES string of the molecule is C[C@H](NC(=O)/C=C/c1ccccc1)C(=O)N1CCN(Cc2ccccc2)CC1. The van der Waals surface area contributed by atoms with E-state index in [4.69, 9.17) is 0 Å². The van der Waals surface area contributed by atoms with Crippen LogP contribution in [0.25, 0.3) is 6.08 Å². The van der Waals surface area contributed by atoms with Crippen molar-refractivity contribution in [3.8, 4) is 0 Å². The van der Waals surface area contributed by atoms with Crippen molar-refractivity contribution in [3.05, 3.63) is 77.9 Å². The lowest BCUT2D eigenvalue weighted by atomic mass is 10.2. The highest BCUT2D eigenvalue weighted by atomic mass is 16.2. The Bertz CT molecular complexity index is 797. The van der Waals surface area contributed by atoms with Gasteiger partial charge in [-0.15, -0.1) is 0 Å². The minimum Gasteiger partial charge on any atom is -0.341 e. The van der Waals surface area contributed by atoms with E-state index in [2.05, 4.69) is 22.3 Å². The van der Waals surface area contributed by atoms with Crippen LogP contribution in [0, 0.1) is 0 Å². The molecular weight excluding hydrogens is 350 g/mol. The largest absolute Gasteiger partial charge is 0.341 e. The number of hydrogen-bond acceptors (Lipinski definition) is 3. The quantitative estimate of drug-likeness (QED) is 0.787. The normalized spacial score (nSPS) is 16.1. The number of hydrogen-bond donors (Lipinski definition) is 1. The van der Waals surface area contributed by atoms with Crippen LogP contribution in [0.15, 0.2) is 66.7 Å². The topological polar surface area (TPSA) is 52.7 Å². The standard InChI is InChI=1S/C23H27N3O2/c1-19(24-22(27)13-12-20-8-4-2-5-9-20)23(28)26-16-14-25(15-17-26)18-21-10-6-3-7-11-21/h2-13,19H,14-18H2,1H3,(H,24,27)/b13-12+/t19-/m0/s1. The number of amides is 2. The van der Waals surface area contributed by atoms with Crippen LogP contribution < -0.4 is 5.32 Å². The van der Waals surface area contributed by atoms with Gasteiger partial charge in [-0.2, -0.15) is 0 Å². The zero-order chi connectivity index (χ0) is 19.8. The van der Waals surface area contributed by atoms with E-state index in [1.165, 1.54) is 11.6 Å². The molecule has 1 aliphatic heterocycles. The molecule has 146 valence electrons. The Morgan fingerprint density at radius 1 is 0.964 bits per heavy atom. The van der Waals surface area contributed by atoms with Crippen LogP contribution in [0.4, 0.5) is 0 Å². The second-order valence-corrected chi connectivity index (χ2v) is 7.06. The van der Waals surface area contributed by atoms with Crippen molar-refractivity contribution in [2.24, 2.45) is 0 Å². The minimum atomic E-state index is -0.534. The summed E-state index contributed by atoms with van der Waals surface area (Å²) in [5.41, 5.74) is 2.24. The van der Waals surface area contributed by atoms with E-state index in [0.717, 1.165) is 25.2 Å². The third-order valence-electron chi connectivity index (χ3n) is 4.89. The minimum absolute atomic E-state index is 0.0270. The van der Waals surface area contributed by atoms with Gasteiger partial charge in [-0.1, -0.05) is 60.7 Å². The van der Waals surface area contributed by atoms with Crippen molar-refractivity contribution in [2.45, 2.75) is 19.5 Å². The maximum Gasteiger partial charge on any atom is 0.244 e. The molecule has 1 heterocycles. The van der Waals surface area contributed by atoms with E-state index in [9.17, 15) is 9.59 Å². The van der Waals surface area contributed by atoms with Crippen LogP contribution in [-0.2, 0) is 16.1 Å². The van der Waals surface area contributed by atoms with E-state index < -0.39 is 6.04 Å². The van der Waals surface area contributed by atoms with E-state index in [-0.39, 0.29) is 11.8 Å². The molecular formula is C23H27N3O2. The van der Waals surface area contributed by atoms with Crippen molar-refractivity contribution < 1.29 is 9.59 Å². The van der Waals surface area contributed by atoms with Crippen LogP contribution in [0.3, 0.4) is 0 Å². The highest BCUT2D eigenvalue weighted by Gasteiger charge is 2.25. The average Bonchev–Trinajstić information content (AvgIpc) is 2.74. The second-order valence-electron chi connectivity index (χ2n) is 7.06. The molecule has 0 aromatic heterocycles. The lowest BCUT2D eigenvalue weighted by Gasteiger charge is -2.36. The number of nitrogens with zero attached hydrogens (tertiary/aromatic N) is 2. The summed E-state index contributed by atoms with van der Waals surface area (Å²) in [6, 6.07) is 19.4.